The van der Waals surface area contributed by atoms with Gasteiger partial charge in [0.1, 0.15) is 17.4 Å². The number of hydrogen-bond donors (Lipinski definition) is 1. The van der Waals surface area contributed by atoms with Gasteiger partial charge in [-0.25, -0.2) is 14.4 Å². The lowest BCUT2D eigenvalue weighted by Crippen LogP contribution is -2.14. The summed E-state index contributed by atoms with van der Waals surface area (Å²) < 4.78 is 18.8. The standard InChI is InChI=1S/C12H10FN3OS/c13-9-4-2-1-3-8(9)7-17-12-10(11(14)18)15-5-6-16-12/h1-6H,7H2,(H2,14,18). The lowest BCUT2D eigenvalue weighted by Gasteiger charge is -2.08. The number of benzene rings is 1. The first-order valence-corrected chi connectivity index (χ1v) is 5.56. The fraction of sp³-hybridized carbons (Fsp3) is 0.0833. The summed E-state index contributed by atoms with van der Waals surface area (Å²) in [5.41, 5.74) is 6.21. The Kier molecular flexibility index (Phi) is 3.78. The quantitative estimate of drug-likeness (QED) is 0.853. The second-order valence-electron chi connectivity index (χ2n) is 3.45. The van der Waals surface area contributed by atoms with Crippen molar-refractivity contribution in [3.05, 3.63) is 53.7 Å². The van der Waals surface area contributed by atoms with E-state index in [0.29, 0.717) is 11.3 Å². The molecule has 0 aliphatic rings. The van der Waals surface area contributed by atoms with E-state index in [1.165, 1.54) is 18.5 Å². The predicted molar refractivity (Wildman–Crippen MR) is 68.7 cm³/mol. The molecule has 0 amide bonds. The SMILES string of the molecule is NC(=S)c1nccnc1OCc1ccccc1F. The molecule has 0 fully saturated rings. The van der Waals surface area contributed by atoms with Crippen LogP contribution in [0.25, 0.3) is 0 Å². The average molecular weight is 263 g/mol. The number of halogens is 1. The van der Waals surface area contributed by atoms with Gasteiger partial charge in [-0.2, -0.15) is 0 Å². The predicted octanol–water partition coefficient (Wildman–Crippen LogP) is 1.83. The Labute approximate surface area is 109 Å². The van der Waals surface area contributed by atoms with E-state index >= 15 is 0 Å². The van der Waals surface area contributed by atoms with Crippen LogP contribution in [0.4, 0.5) is 4.39 Å². The van der Waals surface area contributed by atoms with E-state index in [9.17, 15) is 4.39 Å². The van der Waals surface area contributed by atoms with Crippen LogP contribution in [-0.4, -0.2) is 15.0 Å². The molecular weight excluding hydrogens is 253 g/mol. The first-order chi connectivity index (χ1) is 8.68. The summed E-state index contributed by atoms with van der Waals surface area (Å²) >= 11 is 4.83. The van der Waals surface area contributed by atoms with Gasteiger partial charge in [-0.1, -0.05) is 30.4 Å². The minimum Gasteiger partial charge on any atom is -0.471 e. The molecule has 2 aromatic rings. The average Bonchev–Trinajstić information content (AvgIpc) is 2.38. The molecule has 92 valence electrons. The van der Waals surface area contributed by atoms with Gasteiger partial charge in [0.25, 0.3) is 0 Å². The zero-order chi connectivity index (χ0) is 13.0. The summed E-state index contributed by atoms with van der Waals surface area (Å²) in [7, 11) is 0. The van der Waals surface area contributed by atoms with Gasteiger partial charge in [0.2, 0.25) is 5.88 Å². The summed E-state index contributed by atoms with van der Waals surface area (Å²) in [5, 5.41) is 0. The molecule has 1 heterocycles. The highest BCUT2D eigenvalue weighted by Gasteiger charge is 2.10. The number of thiocarbonyl (C=S) groups is 1. The van der Waals surface area contributed by atoms with Gasteiger partial charge < -0.3 is 10.5 Å². The Morgan fingerprint density at radius 3 is 2.72 bits per heavy atom. The zero-order valence-electron chi connectivity index (χ0n) is 9.34. The maximum Gasteiger partial charge on any atom is 0.243 e. The lowest BCUT2D eigenvalue weighted by molar-refractivity contribution is 0.286. The molecule has 2 rings (SSSR count). The molecule has 1 aromatic carbocycles. The third kappa shape index (κ3) is 2.78. The Hall–Kier alpha value is -2.08. The number of ether oxygens (including phenoxy) is 1. The molecule has 0 atom stereocenters. The lowest BCUT2D eigenvalue weighted by atomic mass is 10.2. The smallest absolute Gasteiger partial charge is 0.243 e. The molecule has 4 nitrogen and oxygen atoms in total. The highest BCUT2D eigenvalue weighted by atomic mass is 32.1. The van der Waals surface area contributed by atoms with E-state index in [4.69, 9.17) is 22.7 Å². The number of nitrogens with zero attached hydrogens (tertiary/aromatic N) is 2. The maximum absolute atomic E-state index is 13.4. The van der Waals surface area contributed by atoms with Crippen molar-refractivity contribution in [3.63, 3.8) is 0 Å². The topological polar surface area (TPSA) is 61.0 Å². The Morgan fingerprint density at radius 1 is 1.28 bits per heavy atom. The minimum absolute atomic E-state index is 0.0426. The number of hydrogen-bond acceptors (Lipinski definition) is 4. The number of aromatic nitrogens is 2. The van der Waals surface area contributed by atoms with Crippen LogP contribution in [0.3, 0.4) is 0 Å². The van der Waals surface area contributed by atoms with Gasteiger partial charge in [-0.3, -0.25) is 0 Å². The fourth-order valence-corrected chi connectivity index (χ4v) is 1.50. The van der Waals surface area contributed by atoms with Gasteiger partial charge in [0.15, 0.2) is 5.69 Å². The van der Waals surface area contributed by atoms with Gasteiger partial charge in [0, 0.05) is 18.0 Å². The van der Waals surface area contributed by atoms with Crippen LogP contribution in [0.15, 0.2) is 36.7 Å². The Morgan fingerprint density at radius 2 is 2.00 bits per heavy atom. The van der Waals surface area contributed by atoms with Crippen molar-refractivity contribution < 1.29 is 9.13 Å². The van der Waals surface area contributed by atoms with Crippen LogP contribution in [-0.2, 0) is 6.61 Å². The fourth-order valence-electron chi connectivity index (χ4n) is 1.36. The zero-order valence-corrected chi connectivity index (χ0v) is 10.2. The van der Waals surface area contributed by atoms with Crippen molar-refractivity contribution in [2.45, 2.75) is 6.61 Å². The molecule has 0 aliphatic carbocycles. The molecule has 0 unspecified atom stereocenters. The molecule has 0 radical (unpaired) electrons. The van der Waals surface area contributed by atoms with E-state index in [1.54, 1.807) is 18.2 Å². The number of rotatable bonds is 4. The van der Waals surface area contributed by atoms with Crippen LogP contribution in [0.1, 0.15) is 11.3 Å². The minimum atomic E-state index is -0.335. The van der Waals surface area contributed by atoms with Gasteiger partial charge in [0.05, 0.1) is 0 Å². The monoisotopic (exact) mass is 263 g/mol. The summed E-state index contributed by atoms with van der Waals surface area (Å²) in [6.07, 6.45) is 2.92. The van der Waals surface area contributed by atoms with Crippen molar-refractivity contribution >= 4 is 17.2 Å². The number of nitrogens with two attached hydrogens (primary N) is 1. The van der Waals surface area contributed by atoms with E-state index in [1.807, 2.05) is 0 Å². The van der Waals surface area contributed by atoms with Crippen LogP contribution in [0.2, 0.25) is 0 Å². The van der Waals surface area contributed by atoms with Crippen molar-refractivity contribution in [2.75, 3.05) is 0 Å². The van der Waals surface area contributed by atoms with Gasteiger partial charge >= 0.3 is 0 Å². The second kappa shape index (κ2) is 5.50. The van der Waals surface area contributed by atoms with E-state index in [2.05, 4.69) is 9.97 Å². The largest absolute Gasteiger partial charge is 0.471 e. The molecule has 0 aliphatic heterocycles. The van der Waals surface area contributed by atoms with E-state index < -0.39 is 0 Å². The van der Waals surface area contributed by atoms with E-state index in [-0.39, 0.29) is 23.3 Å². The summed E-state index contributed by atoms with van der Waals surface area (Å²) in [6.45, 7) is 0.0426. The van der Waals surface area contributed by atoms with Crippen molar-refractivity contribution in [3.8, 4) is 5.88 Å². The summed E-state index contributed by atoms with van der Waals surface area (Å²) in [6, 6.07) is 6.34. The van der Waals surface area contributed by atoms with Gasteiger partial charge in [-0.05, 0) is 6.07 Å². The molecule has 18 heavy (non-hydrogen) atoms. The van der Waals surface area contributed by atoms with E-state index in [0.717, 1.165) is 0 Å². The van der Waals surface area contributed by atoms with Gasteiger partial charge in [-0.15, -0.1) is 0 Å². The summed E-state index contributed by atoms with van der Waals surface area (Å²) in [5.74, 6) is -0.133. The molecule has 6 heteroatoms. The van der Waals surface area contributed by atoms with Crippen molar-refractivity contribution in [1.82, 2.24) is 9.97 Å². The van der Waals surface area contributed by atoms with Crippen molar-refractivity contribution in [2.24, 2.45) is 5.73 Å². The van der Waals surface area contributed by atoms with Crippen LogP contribution in [0, 0.1) is 5.82 Å². The third-order valence-electron chi connectivity index (χ3n) is 2.22. The van der Waals surface area contributed by atoms with Crippen LogP contribution < -0.4 is 10.5 Å². The van der Waals surface area contributed by atoms with Crippen LogP contribution in [0.5, 0.6) is 5.88 Å². The Bertz CT molecular complexity index is 577. The third-order valence-corrected chi connectivity index (χ3v) is 2.41. The highest BCUT2D eigenvalue weighted by molar-refractivity contribution is 7.80. The molecule has 1 aromatic heterocycles. The Balaban J connectivity index is 2.16. The molecule has 2 N–H and O–H groups in total. The molecule has 0 saturated carbocycles. The molecule has 0 bridgehead atoms. The molecule has 0 spiro atoms. The van der Waals surface area contributed by atoms with Crippen LogP contribution >= 0.6 is 12.2 Å². The first kappa shape index (κ1) is 12.4. The first-order valence-electron chi connectivity index (χ1n) is 5.15. The van der Waals surface area contributed by atoms with Crippen molar-refractivity contribution in [1.29, 1.82) is 0 Å². The second-order valence-corrected chi connectivity index (χ2v) is 3.89. The maximum atomic E-state index is 13.4. The normalized spacial score (nSPS) is 10.1. The molecule has 0 saturated heterocycles. The highest BCUT2D eigenvalue weighted by Crippen LogP contribution is 2.14. The summed E-state index contributed by atoms with van der Waals surface area (Å²) in [4.78, 5) is 8.02. The molecular formula is C12H10FN3OS.